The Bertz CT molecular complexity index is 1040. The van der Waals surface area contributed by atoms with Gasteiger partial charge in [-0.25, -0.2) is 0 Å². The summed E-state index contributed by atoms with van der Waals surface area (Å²) in [5.74, 6) is 0.853. The Morgan fingerprint density at radius 3 is 2.40 bits per heavy atom. The van der Waals surface area contributed by atoms with E-state index in [0.717, 1.165) is 32.9 Å². The van der Waals surface area contributed by atoms with Gasteiger partial charge in [0.1, 0.15) is 5.75 Å². The first-order valence-electron chi connectivity index (χ1n) is 8.09. The highest BCUT2D eigenvalue weighted by Crippen LogP contribution is 2.43. The summed E-state index contributed by atoms with van der Waals surface area (Å²) in [5, 5.41) is 4.09. The van der Waals surface area contributed by atoms with Gasteiger partial charge < -0.3 is 9.72 Å². The lowest BCUT2D eigenvalue weighted by Gasteiger charge is -2.08. The first-order valence-corrected chi connectivity index (χ1v) is 9.35. The lowest BCUT2D eigenvalue weighted by Crippen LogP contribution is -1.86. The molecule has 4 rings (SSSR count). The van der Waals surface area contributed by atoms with Gasteiger partial charge in [-0.2, -0.15) is 0 Å². The summed E-state index contributed by atoms with van der Waals surface area (Å²) in [6, 6.07) is 14.2. The van der Waals surface area contributed by atoms with Crippen LogP contribution in [-0.4, -0.2) is 12.1 Å². The van der Waals surface area contributed by atoms with Crippen molar-refractivity contribution < 1.29 is 4.74 Å². The van der Waals surface area contributed by atoms with Crippen molar-refractivity contribution in [3.8, 4) is 28.1 Å². The van der Waals surface area contributed by atoms with E-state index in [2.05, 4.69) is 36.3 Å². The van der Waals surface area contributed by atoms with Crippen LogP contribution < -0.4 is 4.74 Å². The molecule has 2 aromatic carbocycles. The van der Waals surface area contributed by atoms with Crippen LogP contribution in [-0.2, 0) is 0 Å². The first kappa shape index (κ1) is 16.2. The molecule has 0 aliphatic carbocycles. The van der Waals surface area contributed by atoms with Crippen molar-refractivity contribution in [3.05, 3.63) is 63.3 Å². The maximum Gasteiger partial charge on any atom is 0.118 e. The van der Waals surface area contributed by atoms with E-state index < -0.39 is 0 Å². The Balaban J connectivity index is 2.05. The van der Waals surface area contributed by atoms with Gasteiger partial charge in [-0.15, -0.1) is 11.3 Å². The second-order valence-corrected chi connectivity index (χ2v) is 7.66. The molecule has 2 aromatic heterocycles. The molecule has 1 N–H and O–H groups in total. The number of hydrogen-bond acceptors (Lipinski definition) is 2. The lowest BCUT2D eigenvalue weighted by atomic mass is 9.97. The zero-order chi connectivity index (χ0) is 17.6. The third-order valence-corrected chi connectivity index (χ3v) is 5.81. The number of fused-ring (bicyclic) bond motifs is 1. The highest BCUT2D eigenvalue weighted by Gasteiger charge is 2.19. The van der Waals surface area contributed by atoms with E-state index in [4.69, 9.17) is 16.3 Å². The molecule has 4 aromatic rings. The van der Waals surface area contributed by atoms with Gasteiger partial charge in [0.05, 0.1) is 12.8 Å². The van der Waals surface area contributed by atoms with Crippen LogP contribution in [0.15, 0.2) is 47.8 Å². The molecule has 0 aliphatic heterocycles. The number of aryl methyl sites for hydroxylation is 2. The summed E-state index contributed by atoms with van der Waals surface area (Å²) in [7, 11) is 1.68. The van der Waals surface area contributed by atoms with Gasteiger partial charge in [-0.05, 0) is 60.7 Å². The van der Waals surface area contributed by atoms with Crippen LogP contribution in [0.4, 0.5) is 0 Å². The molecule has 0 saturated carbocycles. The van der Waals surface area contributed by atoms with Crippen molar-refractivity contribution in [1.82, 2.24) is 4.98 Å². The number of aromatic amines is 1. The number of hydrogen-bond donors (Lipinski definition) is 1. The number of H-pyrrole nitrogens is 1. The predicted molar refractivity (Wildman–Crippen MR) is 108 cm³/mol. The fraction of sp³-hybridized carbons (Fsp3) is 0.143. The van der Waals surface area contributed by atoms with Crippen LogP contribution in [0.2, 0.25) is 5.02 Å². The Morgan fingerprint density at radius 2 is 1.76 bits per heavy atom. The topological polar surface area (TPSA) is 25.0 Å². The van der Waals surface area contributed by atoms with Gasteiger partial charge in [0.15, 0.2) is 0 Å². The number of halogens is 1. The van der Waals surface area contributed by atoms with E-state index in [0.29, 0.717) is 0 Å². The Labute approximate surface area is 156 Å². The number of nitrogens with one attached hydrogen (secondary N) is 1. The van der Waals surface area contributed by atoms with Gasteiger partial charge in [0.25, 0.3) is 0 Å². The minimum Gasteiger partial charge on any atom is -0.497 e. The van der Waals surface area contributed by atoms with Crippen LogP contribution in [0, 0.1) is 13.8 Å². The van der Waals surface area contributed by atoms with Crippen molar-refractivity contribution in [3.63, 3.8) is 0 Å². The SMILES string of the molecule is COc1ccc(-c2c(-c3c(C)csc3C)[nH]c3ccc(Cl)cc23)cc1. The molecular weight excluding hydrogens is 350 g/mol. The van der Waals surface area contributed by atoms with E-state index in [1.54, 1.807) is 18.4 Å². The maximum absolute atomic E-state index is 6.29. The normalized spacial score (nSPS) is 11.2. The van der Waals surface area contributed by atoms with Crippen LogP contribution in [0.5, 0.6) is 5.75 Å². The molecular formula is C21H18ClNOS. The van der Waals surface area contributed by atoms with E-state index in [1.807, 2.05) is 30.3 Å². The fourth-order valence-corrected chi connectivity index (χ4v) is 4.38. The van der Waals surface area contributed by atoms with E-state index in [9.17, 15) is 0 Å². The minimum atomic E-state index is 0.742. The molecule has 0 bridgehead atoms. The Kier molecular flexibility index (Phi) is 4.06. The summed E-state index contributed by atoms with van der Waals surface area (Å²) < 4.78 is 5.31. The third kappa shape index (κ3) is 2.74. The largest absolute Gasteiger partial charge is 0.497 e. The van der Waals surface area contributed by atoms with Crippen molar-refractivity contribution in [1.29, 1.82) is 0 Å². The average Bonchev–Trinajstić information content (AvgIpc) is 3.14. The second-order valence-electron chi connectivity index (χ2n) is 6.14. The second kappa shape index (κ2) is 6.25. The van der Waals surface area contributed by atoms with Crippen molar-refractivity contribution >= 4 is 33.8 Å². The molecule has 0 aliphatic rings. The molecule has 126 valence electrons. The summed E-state index contributed by atoms with van der Waals surface area (Å²) in [5.41, 5.74) is 7.14. The van der Waals surface area contributed by atoms with Crippen LogP contribution >= 0.6 is 22.9 Å². The molecule has 2 nitrogen and oxygen atoms in total. The molecule has 0 radical (unpaired) electrons. The fourth-order valence-electron chi connectivity index (χ4n) is 3.35. The molecule has 2 heterocycles. The summed E-state index contributed by atoms with van der Waals surface area (Å²) >= 11 is 8.07. The number of thiophene rings is 1. The monoisotopic (exact) mass is 367 g/mol. The van der Waals surface area contributed by atoms with E-state index in [-0.39, 0.29) is 0 Å². The smallest absolute Gasteiger partial charge is 0.118 e. The quantitative estimate of drug-likeness (QED) is 0.421. The van der Waals surface area contributed by atoms with E-state index in [1.165, 1.54) is 21.6 Å². The zero-order valence-corrected chi connectivity index (χ0v) is 15.9. The van der Waals surface area contributed by atoms with Crippen LogP contribution in [0.3, 0.4) is 0 Å². The lowest BCUT2D eigenvalue weighted by molar-refractivity contribution is 0.415. The number of methoxy groups -OCH3 is 1. The average molecular weight is 368 g/mol. The molecule has 0 spiro atoms. The zero-order valence-electron chi connectivity index (χ0n) is 14.3. The number of rotatable bonds is 3. The van der Waals surface area contributed by atoms with Crippen molar-refractivity contribution in [2.75, 3.05) is 7.11 Å². The van der Waals surface area contributed by atoms with Crippen LogP contribution in [0.25, 0.3) is 33.3 Å². The molecule has 0 atom stereocenters. The van der Waals surface area contributed by atoms with Gasteiger partial charge in [0, 0.05) is 31.9 Å². The minimum absolute atomic E-state index is 0.742. The number of benzene rings is 2. The molecule has 0 amide bonds. The predicted octanol–water partition coefficient (Wildman–Crippen LogP) is 6.84. The van der Waals surface area contributed by atoms with Gasteiger partial charge in [0.2, 0.25) is 0 Å². The molecule has 0 unspecified atom stereocenters. The van der Waals surface area contributed by atoms with Crippen molar-refractivity contribution in [2.45, 2.75) is 13.8 Å². The molecule has 4 heteroatoms. The Morgan fingerprint density at radius 1 is 1.00 bits per heavy atom. The van der Waals surface area contributed by atoms with Gasteiger partial charge in [-0.1, -0.05) is 23.7 Å². The summed E-state index contributed by atoms with van der Waals surface area (Å²) in [6.07, 6.45) is 0. The highest BCUT2D eigenvalue weighted by atomic mass is 35.5. The first-order chi connectivity index (χ1) is 12.1. The Hall–Kier alpha value is -2.23. The highest BCUT2D eigenvalue weighted by molar-refractivity contribution is 7.10. The molecule has 0 saturated heterocycles. The van der Waals surface area contributed by atoms with Crippen molar-refractivity contribution in [2.24, 2.45) is 0 Å². The number of ether oxygens (including phenoxy) is 1. The summed E-state index contributed by atoms with van der Waals surface area (Å²) in [6.45, 7) is 4.33. The van der Waals surface area contributed by atoms with Crippen LogP contribution in [0.1, 0.15) is 10.4 Å². The van der Waals surface area contributed by atoms with E-state index >= 15 is 0 Å². The third-order valence-electron chi connectivity index (χ3n) is 4.55. The van der Waals surface area contributed by atoms with Gasteiger partial charge >= 0.3 is 0 Å². The summed E-state index contributed by atoms with van der Waals surface area (Å²) in [4.78, 5) is 4.93. The van der Waals surface area contributed by atoms with Gasteiger partial charge in [-0.3, -0.25) is 0 Å². The standard InChI is InChI=1S/C21H18ClNOS/c1-12-11-25-13(2)19(12)21-20(14-4-7-16(24-3)8-5-14)17-10-15(22)6-9-18(17)23-21/h4-11,23H,1-3H3. The number of aromatic nitrogens is 1. The maximum atomic E-state index is 6.29. The molecule has 0 fully saturated rings. The molecule has 25 heavy (non-hydrogen) atoms.